The number of aromatic carboxylic acids is 1. The smallest absolute Gasteiger partial charge is 0.335 e. The van der Waals surface area contributed by atoms with E-state index in [0.29, 0.717) is 6.54 Å². The van der Waals surface area contributed by atoms with Crippen molar-refractivity contribution in [1.82, 2.24) is 4.90 Å². The molecule has 8 heteroatoms. The van der Waals surface area contributed by atoms with Gasteiger partial charge >= 0.3 is 5.97 Å². The highest BCUT2D eigenvalue weighted by Crippen LogP contribution is 2.28. The van der Waals surface area contributed by atoms with Gasteiger partial charge in [-0.25, -0.2) is 4.79 Å². The van der Waals surface area contributed by atoms with Crippen LogP contribution in [0.5, 0.6) is 5.75 Å². The second kappa shape index (κ2) is 10.4. The predicted molar refractivity (Wildman–Crippen MR) is 125 cm³/mol. The van der Waals surface area contributed by atoms with E-state index in [1.165, 1.54) is 0 Å². The number of methoxy groups -OCH3 is 1. The van der Waals surface area contributed by atoms with Crippen molar-refractivity contribution in [1.29, 1.82) is 0 Å². The van der Waals surface area contributed by atoms with Gasteiger partial charge in [0.05, 0.1) is 31.0 Å². The summed E-state index contributed by atoms with van der Waals surface area (Å²) < 4.78 is 11.3. The maximum absolute atomic E-state index is 11.1. The Kier molecular flexibility index (Phi) is 7.11. The summed E-state index contributed by atoms with van der Waals surface area (Å²) in [5, 5.41) is 12.5. The standard InChI is InChI=1S/C24H30N4O4/c1-31-22-7-3-2-6-21(22)27-12-14-28(15-13-27)24(25-17-20-5-4-16-32-20)26-19-10-8-18(9-11-19)23(29)30/h2-3,6-11,20H,4-5,12-17H2,1H3,(H,25,26)(H,29,30). The first-order chi connectivity index (χ1) is 15.6. The molecule has 2 aromatic rings. The van der Waals surface area contributed by atoms with Crippen molar-refractivity contribution < 1.29 is 19.4 Å². The van der Waals surface area contributed by atoms with Crippen molar-refractivity contribution >= 4 is 23.3 Å². The number of guanidine groups is 1. The highest BCUT2D eigenvalue weighted by atomic mass is 16.5. The number of anilines is 2. The molecule has 0 amide bonds. The molecule has 0 radical (unpaired) electrons. The third-order valence-corrected chi connectivity index (χ3v) is 5.86. The van der Waals surface area contributed by atoms with Crippen LogP contribution in [-0.2, 0) is 4.74 Å². The first kappa shape index (κ1) is 22.0. The van der Waals surface area contributed by atoms with Gasteiger partial charge in [-0.1, -0.05) is 12.1 Å². The van der Waals surface area contributed by atoms with Crippen LogP contribution in [0.4, 0.5) is 11.4 Å². The summed E-state index contributed by atoms with van der Waals surface area (Å²) in [6, 6.07) is 14.8. The zero-order chi connectivity index (χ0) is 22.3. The molecule has 0 spiro atoms. The molecule has 2 heterocycles. The molecule has 0 aliphatic carbocycles. The first-order valence-electron chi connectivity index (χ1n) is 11.0. The van der Waals surface area contributed by atoms with Gasteiger partial charge in [-0.3, -0.25) is 4.99 Å². The third kappa shape index (κ3) is 5.31. The van der Waals surface area contributed by atoms with Crippen molar-refractivity contribution in [2.24, 2.45) is 4.99 Å². The molecule has 32 heavy (non-hydrogen) atoms. The van der Waals surface area contributed by atoms with Crippen LogP contribution >= 0.6 is 0 Å². The fraction of sp³-hybridized carbons (Fsp3) is 0.417. The minimum atomic E-state index is -0.934. The number of aliphatic imine (C=N–C) groups is 1. The van der Waals surface area contributed by atoms with E-state index >= 15 is 0 Å². The molecule has 2 aliphatic rings. The average molecular weight is 439 g/mol. The summed E-state index contributed by atoms with van der Waals surface area (Å²) in [7, 11) is 1.70. The molecule has 2 N–H and O–H groups in total. The number of carboxylic acid groups (broad SMARTS) is 1. The highest BCUT2D eigenvalue weighted by Gasteiger charge is 2.23. The normalized spacial score (nSPS) is 19.2. The van der Waals surface area contributed by atoms with E-state index in [0.717, 1.165) is 68.7 Å². The summed E-state index contributed by atoms with van der Waals surface area (Å²) in [4.78, 5) is 20.6. The van der Waals surface area contributed by atoms with Gasteiger partial charge in [-0.2, -0.15) is 0 Å². The number of hydrogen-bond acceptors (Lipinski definition) is 5. The maximum Gasteiger partial charge on any atom is 0.335 e. The van der Waals surface area contributed by atoms with Crippen LogP contribution in [0.2, 0.25) is 0 Å². The van der Waals surface area contributed by atoms with Gasteiger partial charge in [0.15, 0.2) is 5.96 Å². The summed E-state index contributed by atoms with van der Waals surface area (Å²) >= 11 is 0. The van der Waals surface area contributed by atoms with E-state index in [-0.39, 0.29) is 11.7 Å². The minimum Gasteiger partial charge on any atom is -0.495 e. The number of hydrogen-bond donors (Lipinski definition) is 2. The van der Waals surface area contributed by atoms with Crippen LogP contribution in [0.25, 0.3) is 0 Å². The van der Waals surface area contributed by atoms with Crippen molar-refractivity contribution in [3.63, 3.8) is 0 Å². The molecule has 2 fully saturated rings. The molecule has 0 aromatic heterocycles. The molecule has 8 nitrogen and oxygen atoms in total. The molecular formula is C24H30N4O4. The molecule has 4 rings (SSSR count). The molecule has 2 aromatic carbocycles. The van der Waals surface area contributed by atoms with Gasteiger partial charge in [0.2, 0.25) is 0 Å². The number of para-hydroxylation sites is 2. The van der Waals surface area contributed by atoms with Crippen LogP contribution in [0, 0.1) is 0 Å². The summed E-state index contributed by atoms with van der Waals surface area (Å²) in [6.07, 6.45) is 2.28. The summed E-state index contributed by atoms with van der Waals surface area (Å²) in [5.74, 6) is 0.740. The second-order valence-corrected chi connectivity index (χ2v) is 7.95. The molecule has 1 atom stereocenters. The van der Waals surface area contributed by atoms with Gasteiger partial charge in [-0.05, 0) is 49.2 Å². The third-order valence-electron chi connectivity index (χ3n) is 5.86. The fourth-order valence-electron chi connectivity index (χ4n) is 4.07. The van der Waals surface area contributed by atoms with E-state index < -0.39 is 5.97 Å². The molecular weight excluding hydrogens is 408 g/mol. The highest BCUT2D eigenvalue weighted by molar-refractivity contribution is 5.95. The lowest BCUT2D eigenvalue weighted by atomic mass is 10.2. The van der Waals surface area contributed by atoms with E-state index in [9.17, 15) is 4.79 Å². The molecule has 1 unspecified atom stereocenters. The van der Waals surface area contributed by atoms with Crippen LogP contribution in [-0.4, -0.2) is 74.5 Å². The molecule has 0 saturated carbocycles. The Bertz CT molecular complexity index is 933. The Morgan fingerprint density at radius 2 is 1.91 bits per heavy atom. The number of piperazine rings is 1. The summed E-state index contributed by atoms with van der Waals surface area (Å²) in [6.45, 7) is 4.72. The van der Waals surface area contributed by atoms with E-state index in [4.69, 9.17) is 19.6 Å². The quantitative estimate of drug-likeness (QED) is 0.529. The fourth-order valence-corrected chi connectivity index (χ4v) is 4.07. The number of rotatable bonds is 6. The van der Waals surface area contributed by atoms with Gasteiger partial charge < -0.3 is 29.7 Å². The van der Waals surface area contributed by atoms with Gasteiger partial charge in [0.1, 0.15) is 5.75 Å². The zero-order valence-electron chi connectivity index (χ0n) is 18.4. The first-order valence-corrected chi connectivity index (χ1v) is 11.0. The van der Waals surface area contributed by atoms with E-state index in [1.807, 2.05) is 18.2 Å². The van der Waals surface area contributed by atoms with Gasteiger partial charge in [0.25, 0.3) is 0 Å². The van der Waals surface area contributed by atoms with Crippen LogP contribution in [0.15, 0.2) is 53.5 Å². The molecule has 0 bridgehead atoms. The maximum atomic E-state index is 11.1. The number of carbonyl (C=O) groups is 1. The Morgan fingerprint density at radius 3 is 2.56 bits per heavy atom. The van der Waals surface area contributed by atoms with E-state index in [1.54, 1.807) is 31.4 Å². The van der Waals surface area contributed by atoms with E-state index in [2.05, 4.69) is 21.2 Å². The average Bonchev–Trinajstić information content (AvgIpc) is 3.36. The van der Waals surface area contributed by atoms with Crippen molar-refractivity contribution in [3.8, 4) is 5.75 Å². The van der Waals surface area contributed by atoms with Crippen molar-refractivity contribution in [2.45, 2.75) is 18.9 Å². The van der Waals surface area contributed by atoms with Crippen LogP contribution in [0.1, 0.15) is 23.2 Å². The zero-order valence-corrected chi connectivity index (χ0v) is 18.4. The number of benzene rings is 2. The Morgan fingerprint density at radius 1 is 1.16 bits per heavy atom. The summed E-state index contributed by atoms with van der Waals surface area (Å²) in [5.41, 5.74) is 2.18. The minimum absolute atomic E-state index is 0.163. The van der Waals surface area contributed by atoms with Crippen LogP contribution < -0.4 is 15.0 Å². The van der Waals surface area contributed by atoms with Crippen molar-refractivity contribution in [3.05, 3.63) is 54.1 Å². The predicted octanol–water partition coefficient (Wildman–Crippen LogP) is 3.16. The lowest BCUT2D eigenvalue weighted by Crippen LogP contribution is -2.51. The number of nitrogens with zero attached hydrogens (tertiary/aromatic N) is 3. The Hall–Kier alpha value is -3.26. The lowest BCUT2D eigenvalue weighted by Gasteiger charge is -2.38. The molecule has 2 saturated heterocycles. The lowest BCUT2D eigenvalue weighted by molar-refractivity contribution is 0.0697. The monoisotopic (exact) mass is 438 g/mol. The topological polar surface area (TPSA) is 86.6 Å². The van der Waals surface area contributed by atoms with Gasteiger partial charge in [-0.15, -0.1) is 0 Å². The Labute approximate surface area is 188 Å². The Balaban J connectivity index is 1.46. The number of nitrogens with one attached hydrogen (secondary N) is 1. The largest absolute Gasteiger partial charge is 0.495 e. The molecule has 2 aliphatic heterocycles. The van der Waals surface area contributed by atoms with Gasteiger partial charge in [0, 0.05) is 38.5 Å². The van der Waals surface area contributed by atoms with Crippen LogP contribution in [0.3, 0.4) is 0 Å². The van der Waals surface area contributed by atoms with Crippen molar-refractivity contribution in [2.75, 3.05) is 56.7 Å². The molecule has 170 valence electrons. The second-order valence-electron chi connectivity index (χ2n) is 7.95. The SMILES string of the molecule is COc1ccccc1N1CCN(C(=NCC2CCCO2)Nc2ccc(C(=O)O)cc2)CC1. The number of carboxylic acids is 1. The number of ether oxygens (including phenoxy) is 2.